The highest BCUT2D eigenvalue weighted by Gasteiger charge is 2.32. The highest BCUT2D eigenvalue weighted by molar-refractivity contribution is 5.82. The standard InChI is InChI=1S/C12H23N5O/c1-4-12(5-2,8-13)11(18)14-7-6-10-16-15-9-17(10)3/h9H,4-8,13H2,1-3H3,(H,14,18). The van der Waals surface area contributed by atoms with E-state index in [2.05, 4.69) is 15.5 Å². The number of amides is 1. The van der Waals surface area contributed by atoms with Crippen molar-refractivity contribution in [2.45, 2.75) is 33.1 Å². The third kappa shape index (κ3) is 3.07. The number of aryl methyl sites for hydroxylation is 1. The molecule has 0 radical (unpaired) electrons. The van der Waals surface area contributed by atoms with Gasteiger partial charge in [-0.1, -0.05) is 13.8 Å². The second-order valence-corrected chi connectivity index (χ2v) is 4.56. The van der Waals surface area contributed by atoms with Crippen molar-refractivity contribution in [1.29, 1.82) is 0 Å². The molecule has 1 heterocycles. The Balaban J connectivity index is 2.48. The van der Waals surface area contributed by atoms with Crippen LogP contribution in [0.4, 0.5) is 0 Å². The zero-order chi connectivity index (χ0) is 13.6. The van der Waals surface area contributed by atoms with E-state index < -0.39 is 5.41 Å². The molecule has 0 aliphatic rings. The summed E-state index contributed by atoms with van der Waals surface area (Å²) in [5.74, 6) is 0.902. The first-order valence-electron chi connectivity index (χ1n) is 6.41. The van der Waals surface area contributed by atoms with Gasteiger partial charge < -0.3 is 15.6 Å². The molecule has 1 amide bonds. The smallest absolute Gasteiger partial charge is 0.227 e. The maximum absolute atomic E-state index is 12.1. The van der Waals surface area contributed by atoms with Crippen LogP contribution in [0.3, 0.4) is 0 Å². The fraction of sp³-hybridized carbons (Fsp3) is 0.750. The van der Waals surface area contributed by atoms with Gasteiger partial charge >= 0.3 is 0 Å². The minimum absolute atomic E-state index is 0.0390. The van der Waals surface area contributed by atoms with Crippen LogP contribution in [-0.2, 0) is 18.3 Å². The lowest BCUT2D eigenvalue weighted by molar-refractivity contribution is -0.131. The molecule has 1 aromatic heterocycles. The van der Waals surface area contributed by atoms with Crippen molar-refractivity contribution in [3.05, 3.63) is 12.2 Å². The predicted molar refractivity (Wildman–Crippen MR) is 69.8 cm³/mol. The van der Waals surface area contributed by atoms with Crippen LogP contribution in [0.2, 0.25) is 0 Å². The molecule has 18 heavy (non-hydrogen) atoms. The molecule has 6 heteroatoms. The predicted octanol–water partition coefficient (Wildman–Crippen LogP) is 0.239. The van der Waals surface area contributed by atoms with E-state index in [9.17, 15) is 4.79 Å². The van der Waals surface area contributed by atoms with Gasteiger partial charge in [0.1, 0.15) is 12.2 Å². The third-order valence-corrected chi connectivity index (χ3v) is 3.67. The van der Waals surface area contributed by atoms with Crippen LogP contribution in [0.5, 0.6) is 0 Å². The monoisotopic (exact) mass is 253 g/mol. The van der Waals surface area contributed by atoms with Crippen molar-refractivity contribution < 1.29 is 4.79 Å². The van der Waals surface area contributed by atoms with Crippen LogP contribution in [0.25, 0.3) is 0 Å². The number of aromatic nitrogens is 3. The summed E-state index contributed by atoms with van der Waals surface area (Å²) in [6.45, 7) is 4.94. The van der Waals surface area contributed by atoms with E-state index in [1.54, 1.807) is 6.33 Å². The van der Waals surface area contributed by atoms with Gasteiger partial charge in [-0.2, -0.15) is 0 Å². The van der Waals surface area contributed by atoms with Crippen LogP contribution < -0.4 is 11.1 Å². The quantitative estimate of drug-likeness (QED) is 0.729. The normalized spacial score (nSPS) is 11.6. The number of rotatable bonds is 7. The molecule has 0 unspecified atom stereocenters. The lowest BCUT2D eigenvalue weighted by Gasteiger charge is -2.28. The third-order valence-electron chi connectivity index (χ3n) is 3.67. The van der Waals surface area contributed by atoms with Gasteiger partial charge in [-0.25, -0.2) is 0 Å². The Hall–Kier alpha value is -1.43. The molecule has 0 aliphatic carbocycles. The Morgan fingerprint density at radius 2 is 2.17 bits per heavy atom. The molecule has 3 N–H and O–H groups in total. The van der Waals surface area contributed by atoms with E-state index in [4.69, 9.17) is 5.73 Å². The van der Waals surface area contributed by atoms with Crippen molar-refractivity contribution in [3.8, 4) is 0 Å². The summed E-state index contributed by atoms with van der Waals surface area (Å²) in [6.07, 6.45) is 3.85. The molecule has 1 rings (SSSR count). The van der Waals surface area contributed by atoms with Crippen LogP contribution in [0.1, 0.15) is 32.5 Å². The van der Waals surface area contributed by atoms with Gasteiger partial charge in [0.15, 0.2) is 0 Å². The molecule has 1 aromatic rings. The summed E-state index contributed by atoms with van der Waals surface area (Å²) in [7, 11) is 1.89. The number of nitrogens with two attached hydrogens (primary N) is 1. The molecule has 6 nitrogen and oxygen atoms in total. The average molecular weight is 253 g/mol. The highest BCUT2D eigenvalue weighted by Crippen LogP contribution is 2.24. The molecular weight excluding hydrogens is 230 g/mol. The van der Waals surface area contributed by atoms with Gasteiger partial charge in [-0.05, 0) is 12.8 Å². The molecule has 0 atom stereocenters. The maximum atomic E-state index is 12.1. The van der Waals surface area contributed by atoms with E-state index in [1.807, 2.05) is 25.5 Å². The van der Waals surface area contributed by atoms with Crippen LogP contribution >= 0.6 is 0 Å². The topological polar surface area (TPSA) is 85.8 Å². The number of hydrogen-bond donors (Lipinski definition) is 2. The van der Waals surface area contributed by atoms with Crippen LogP contribution in [-0.4, -0.2) is 33.8 Å². The first kappa shape index (κ1) is 14.6. The van der Waals surface area contributed by atoms with Crippen molar-refractivity contribution >= 4 is 5.91 Å². The van der Waals surface area contributed by atoms with E-state index >= 15 is 0 Å². The zero-order valence-electron chi connectivity index (χ0n) is 11.4. The molecule has 0 fully saturated rings. The Morgan fingerprint density at radius 1 is 1.50 bits per heavy atom. The van der Waals surface area contributed by atoms with Crippen molar-refractivity contribution in [1.82, 2.24) is 20.1 Å². The van der Waals surface area contributed by atoms with Gasteiger partial charge in [0.25, 0.3) is 0 Å². The molecule has 0 bridgehead atoms. The molecule has 102 valence electrons. The number of nitrogens with zero attached hydrogens (tertiary/aromatic N) is 3. The second kappa shape index (κ2) is 6.49. The minimum atomic E-state index is -0.431. The number of carbonyl (C=O) groups is 1. The molecule has 0 saturated carbocycles. The summed E-state index contributed by atoms with van der Waals surface area (Å²) in [5.41, 5.74) is 5.30. The van der Waals surface area contributed by atoms with Crippen molar-refractivity contribution in [2.24, 2.45) is 18.2 Å². The van der Waals surface area contributed by atoms with E-state index in [0.717, 1.165) is 18.7 Å². The van der Waals surface area contributed by atoms with E-state index in [-0.39, 0.29) is 5.91 Å². The van der Waals surface area contributed by atoms with Gasteiger partial charge in [0.2, 0.25) is 5.91 Å². The van der Waals surface area contributed by atoms with Gasteiger partial charge in [-0.15, -0.1) is 10.2 Å². The number of hydrogen-bond acceptors (Lipinski definition) is 4. The average Bonchev–Trinajstić information content (AvgIpc) is 2.78. The lowest BCUT2D eigenvalue weighted by atomic mass is 9.81. The van der Waals surface area contributed by atoms with Gasteiger partial charge in [0.05, 0.1) is 5.41 Å². The zero-order valence-corrected chi connectivity index (χ0v) is 11.4. The van der Waals surface area contributed by atoms with E-state index in [1.165, 1.54) is 0 Å². The summed E-state index contributed by atoms with van der Waals surface area (Å²) in [4.78, 5) is 12.1. The molecular formula is C12H23N5O. The number of nitrogens with one attached hydrogen (secondary N) is 1. The van der Waals surface area contributed by atoms with Crippen molar-refractivity contribution in [2.75, 3.05) is 13.1 Å². The first-order chi connectivity index (χ1) is 8.59. The summed E-state index contributed by atoms with van der Waals surface area (Å²) >= 11 is 0. The Morgan fingerprint density at radius 3 is 2.61 bits per heavy atom. The SMILES string of the molecule is CCC(CC)(CN)C(=O)NCCc1nncn1C. The Labute approximate surface area is 108 Å². The minimum Gasteiger partial charge on any atom is -0.355 e. The van der Waals surface area contributed by atoms with E-state index in [0.29, 0.717) is 19.5 Å². The first-order valence-corrected chi connectivity index (χ1v) is 6.41. The van der Waals surface area contributed by atoms with Gasteiger partial charge in [0, 0.05) is 26.6 Å². The molecule has 0 aliphatic heterocycles. The molecule has 0 aromatic carbocycles. The van der Waals surface area contributed by atoms with Gasteiger partial charge in [-0.3, -0.25) is 4.79 Å². The Kier molecular flexibility index (Phi) is 5.27. The number of carbonyl (C=O) groups excluding carboxylic acids is 1. The molecule has 0 saturated heterocycles. The highest BCUT2D eigenvalue weighted by atomic mass is 16.2. The van der Waals surface area contributed by atoms with Crippen molar-refractivity contribution in [3.63, 3.8) is 0 Å². The molecule has 0 spiro atoms. The largest absolute Gasteiger partial charge is 0.355 e. The van der Waals surface area contributed by atoms with Crippen LogP contribution in [0, 0.1) is 5.41 Å². The Bertz CT molecular complexity index is 375. The lowest BCUT2D eigenvalue weighted by Crippen LogP contribution is -2.45. The summed E-state index contributed by atoms with van der Waals surface area (Å²) in [6, 6.07) is 0. The van der Waals surface area contributed by atoms with Crippen LogP contribution in [0.15, 0.2) is 6.33 Å². The summed E-state index contributed by atoms with van der Waals surface area (Å²) in [5, 5.41) is 10.7. The fourth-order valence-corrected chi connectivity index (χ4v) is 1.96. The maximum Gasteiger partial charge on any atom is 0.227 e. The second-order valence-electron chi connectivity index (χ2n) is 4.56. The summed E-state index contributed by atoms with van der Waals surface area (Å²) < 4.78 is 1.85. The fourth-order valence-electron chi connectivity index (χ4n) is 1.96.